The Hall–Kier alpha value is -1.75. The molecular weight excluding hydrogens is 226 g/mol. The van der Waals surface area contributed by atoms with Crippen LogP contribution in [-0.2, 0) is 14.9 Å². The fourth-order valence-electron chi connectivity index (χ4n) is 1.35. The van der Waals surface area contributed by atoms with Gasteiger partial charge in [0.25, 0.3) is 0 Å². The molecule has 0 saturated heterocycles. The number of rotatable bonds is 3. The van der Waals surface area contributed by atoms with Gasteiger partial charge in [-0.3, -0.25) is 0 Å². The van der Waals surface area contributed by atoms with Crippen molar-refractivity contribution in [1.82, 2.24) is 4.98 Å². The fourth-order valence-corrected chi connectivity index (χ4v) is 1.67. The lowest BCUT2D eigenvalue weighted by atomic mass is 10.1. The minimum absolute atomic E-state index is 0.509. The second kappa shape index (κ2) is 4.40. The zero-order valence-corrected chi connectivity index (χ0v) is 9.49. The van der Waals surface area contributed by atoms with Crippen LogP contribution >= 0.6 is 0 Å². The van der Waals surface area contributed by atoms with Crippen LogP contribution in [0.15, 0.2) is 35.1 Å². The van der Waals surface area contributed by atoms with Gasteiger partial charge in [0.1, 0.15) is 0 Å². The van der Waals surface area contributed by atoms with Crippen LogP contribution < -0.4 is 4.18 Å². The van der Waals surface area contributed by atoms with Crippen LogP contribution in [0.2, 0.25) is 0 Å². The van der Waals surface area contributed by atoms with Gasteiger partial charge in [0.05, 0.1) is 11.4 Å². The van der Waals surface area contributed by atoms with Crippen molar-refractivity contribution >= 4 is 16.5 Å². The van der Waals surface area contributed by atoms with Crippen LogP contribution in [0.5, 0.6) is 5.75 Å². The molecule has 0 spiro atoms. The van der Waals surface area contributed by atoms with E-state index < -0.39 is 10.7 Å². The van der Waals surface area contributed by atoms with Crippen molar-refractivity contribution in [2.75, 3.05) is 0 Å². The second-order valence-electron chi connectivity index (χ2n) is 3.18. The molecule has 0 unspecified atom stereocenters. The van der Waals surface area contributed by atoms with Crippen LogP contribution in [-0.4, -0.2) is 10.9 Å². The summed E-state index contributed by atoms with van der Waals surface area (Å²) in [6.07, 6.45) is 1.40. The number of benzene rings is 1. The van der Waals surface area contributed by atoms with E-state index in [9.17, 15) is 4.21 Å². The van der Waals surface area contributed by atoms with E-state index in [1.165, 1.54) is 6.39 Å². The molecule has 0 atom stereocenters. The molecule has 0 bridgehead atoms. The molecule has 4 nitrogen and oxygen atoms in total. The van der Waals surface area contributed by atoms with Gasteiger partial charge in [-0.25, -0.2) is 4.98 Å². The van der Waals surface area contributed by atoms with Crippen molar-refractivity contribution in [3.05, 3.63) is 36.4 Å². The van der Waals surface area contributed by atoms with Gasteiger partial charge in [-0.05, 0) is 31.2 Å². The number of oxazole rings is 1. The van der Waals surface area contributed by atoms with Gasteiger partial charge in [0.15, 0.2) is 12.2 Å². The average Bonchev–Trinajstić information content (AvgIpc) is 2.65. The summed E-state index contributed by atoms with van der Waals surface area (Å²) < 4.78 is 20.9. The quantitative estimate of drug-likeness (QED) is 0.606. The number of aromatic nitrogens is 1. The number of hydrogen-bond acceptors (Lipinski definition) is 5. The molecule has 1 heterocycles. The molecule has 0 aliphatic rings. The topological polar surface area (TPSA) is 52.3 Å². The van der Waals surface area contributed by atoms with Crippen molar-refractivity contribution in [2.24, 2.45) is 0 Å². The molecule has 2 aromatic rings. The first-order valence-corrected chi connectivity index (χ1v) is 5.81. The van der Waals surface area contributed by atoms with Crippen LogP contribution in [0.25, 0.3) is 11.3 Å². The van der Waals surface area contributed by atoms with Crippen molar-refractivity contribution in [1.29, 1.82) is 0 Å². The maximum atomic E-state index is 10.7. The Morgan fingerprint density at radius 2 is 2.06 bits per heavy atom. The molecule has 84 valence electrons. The first-order chi connectivity index (χ1) is 7.66. The predicted octanol–water partition coefficient (Wildman–Crippen LogP) is 2.34. The van der Waals surface area contributed by atoms with Crippen molar-refractivity contribution in [2.45, 2.75) is 6.92 Å². The predicted molar refractivity (Wildman–Crippen MR) is 62.5 cm³/mol. The van der Waals surface area contributed by atoms with Gasteiger partial charge in [0, 0.05) is 5.56 Å². The molecule has 0 aliphatic carbocycles. The van der Waals surface area contributed by atoms with E-state index in [0.717, 1.165) is 17.0 Å². The van der Waals surface area contributed by atoms with E-state index in [1.54, 1.807) is 12.1 Å². The molecule has 0 saturated carbocycles. The van der Waals surface area contributed by atoms with Gasteiger partial charge >= 0.3 is 0 Å². The van der Waals surface area contributed by atoms with Gasteiger partial charge in [0.2, 0.25) is 0 Å². The highest BCUT2D eigenvalue weighted by molar-refractivity contribution is 7.77. The van der Waals surface area contributed by atoms with Crippen molar-refractivity contribution in [3.63, 3.8) is 0 Å². The molecule has 0 radical (unpaired) electrons. The molecule has 2 rings (SSSR count). The lowest BCUT2D eigenvalue weighted by molar-refractivity contribution is 0.535. The lowest BCUT2D eigenvalue weighted by Gasteiger charge is -2.08. The molecule has 1 aromatic carbocycles. The minimum Gasteiger partial charge on any atom is -0.561 e. The molecule has 1 aromatic heterocycles. The minimum atomic E-state index is -1.55. The molecule has 0 fully saturated rings. The lowest BCUT2D eigenvalue weighted by Crippen LogP contribution is -1.88. The summed E-state index contributed by atoms with van der Waals surface area (Å²) in [6, 6.07) is 7.05. The SMILES string of the molecule is C=[S-](=O)Oc1ccc(-c2ocnc2C)cc1. The molecular formula is C11H10NO3S-. The third kappa shape index (κ3) is 2.25. The van der Waals surface area contributed by atoms with E-state index in [2.05, 4.69) is 10.9 Å². The highest BCUT2D eigenvalue weighted by Crippen LogP contribution is 2.24. The van der Waals surface area contributed by atoms with Gasteiger partial charge in [-0.15, -0.1) is 10.7 Å². The van der Waals surface area contributed by atoms with Gasteiger partial charge < -0.3 is 12.8 Å². The largest absolute Gasteiger partial charge is 0.561 e. The summed E-state index contributed by atoms with van der Waals surface area (Å²) in [6.45, 7) is 1.87. The molecule has 5 heteroatoms. The zero-order chi connectivity index (χ0) is 11.5. The van der Waals surface area contributed by atoms with E-state index in [-0.39, 0.29) is 0 Å². The smallest absolute Gasteiger partial charge is 0.181 e. The Morgan fingerprint density at radius 1 is 1.38 bits per heavy atom. The fraction of sp³-hybridized carbons (Fsp3) is 0.0909. The van der Waals surface area contributed by atoms with Crippen LogP contribution in [0.1, 0.15) is 5.69 Å². The highest BCUT2D eigenvalue weighted by atomic mass is 32.2. The second-order valence-corrected chi connectivity index (χ2v) is 3.95. The monoisotopic (exact) mass is 236 g/mol. The van der Waals surface area contributed by atoms with E-state index in [4.69, 9.17) is 8.60 Å². The summed E-state index contributed by atoms with van der Waals surface area (Å²) in [4.78, 5) is 4.01. The zero-order valence-electron chi connectivity index (χ0n) is 8.67. The Kier molecular flexibility index (Phi) is 2.96. The number of hydrogen-bond donors (Lipinski definition) is 0. The van der Waals surface area contributed by atoms with E-state index in [1.807, 2.05) is 19.1 Å². The van der Waals surface area contributed by atoms with Gasteiger partial charge in [-0.1, -0.05) is 0 Å². The Labute approximate surface area is 95.1 Å². The highest BCUT2D eigenvalue weighted by Gasteiger charge is 2.05. The Balaban J connectivity index is 2.29. The maximum absolute atomic E-state index is 10.7. The van der Waals surface area contributed by atoms with E-state index in [0.29, 0.717) is 5.75 Å². The first-order valence-electron chi connectivity index (χ1n) is 4.57. The third-order valence-corrected chi connectivity index (χ3v) is 2.43. The maximum Gasteiger partial charge on any atom is 0.181 e. The summed E-state index contributed by atoms with van der Waals surface area (Å²) in [7, 11) is -1.55. The Bertz CT molecular complexity index is 547. The normalized spacial score (nSPS) is 10.6. The van der Waals surface area contributed by atoms with Crippen molar-refractivity contribution in [3.8, 4) is 17.1 Å². The Morgan fingerprint density at radius 3 is 2.56 bits per heavy atom. The van der Waals surface area contributed by atoms with Crippen LogP contribution in [0.4, 0.5) is 0 Å². The summed E-state index contributed by atoms with van der Waals surface area (Å²) in [5.74, 6) is 4.47. The summed E-state index contributed by atoms with van der Waals surface area (Å²) in [5.41, 5.74) is 1.73. The van der Waals surface area contributed by atoms with Gasteiger partial charge in [-0.2, -0.15) is 5.87 Å². The third-order valence-electron chi connectivity index (χ3n) is 2.05. The molecule has 0 N–H and O–H groups in total. The van der Waals surface area contributed by atoms with Crippen molar-refractivity contribution < 1.29 is 12.8 Å². The molecule has 0 aliphatic heterocycles. The summed E-state index contributed by atoms with van der Waals surface area (Å²) >= 11 is 0. The van der Waals surface area contributed by atoms with Crippen LogP contribution in [0.3, 0.4) is 0 Å². The van der Waals surface area contributed by atoms with E-state index >= 15 is 0 Å². The number of aryl methyl sites for hydroxylation is 1. The average molecular weight is 236 g/mol. The molecule has 0 amide bonds. The number of nitrogens with zero attached hydrogens (tertiary/aromatic N) is 1. The standard InChI is InChI=1S/C11H10NO3S/c1-8-11(14-7-12-8)9-3-5-10(6-4-9)15-16(2)13/h3-7H,2H2,1H3/q-1. The summed E-state index contributed by atoms with van der Waals surface area (Å²) in [5, 5.41) is 0. The molecule has 16 heavy (non-hydrogen) atoms. The first kappa shape index (κ1) is 10.8. The van der Waals surface area contributed by atoms with Crippen LogP contribution in [0, 0.1) is 6.92 Å².